The van der Waals surface area contributed by atoms with Crippen molar-refractivity contribution in [3.8, 4) is 11.1 Å². The molecule has 0 radical (unpaired) electrons. The molecule has 3 N–H and O–H groups in total. The van der Waals surface area contributed by atoms with Gasteiger partial charge in [0.1, 0.15) is 6.61 Å². The van der Waals surface area contributed by atoms with Crippen molar-refractivity contribution in [2.75, 3.05) is 13.2 Å². The summed E-state index contributed by atoms with van der Waals surface area (Å²) in [5.41, 5.74) is 3.61. The number of amides is 2. The van der Waals surface area contributed by atoms with Crippen LogP contribution >= 0.6 is 0 Å². The highest BCUT2D eigenvalue weighted by Gasteiger charge is 2.50. The fraction of sp³-hybridized carbons (Fsp3) is 0.280. The number of nitrogens with zero attached hydrogens (tertiary/aromatic N) is 1. The molecule has 0 unspecified atom stereocenters. The Bertz CT molecular complexity index is 1220. The second-order valence-electron chi connectivity index (χ2n) is 8.57. The summed E-state index contributed by atoms with van der Waals surface area (Å²) in [6, 6.07) is 16.1. The summed E-state index contributed by atoms with van der Waals surface area (Å²) in [5, 5.41) is 14.4. The second kappa shape index (κ2) is 8.66. The van der Waals surface area contributed by atoms with Gasteiger partial charge in [-0.1, -0.05) is 48.5 Å². The van der Waals surface area contributed by atoms with Gasteiger partial charge < -0.3 is 24.9 Å². The lowest BCUT2D eigenvalue weighted by atomic mass is 9.98. The number of fused-ring (bicyclic) bond motifs is 3. The van der Waals surface area contributed by atoms with E-state index in [1.807, 2.05) is 36.4 Å². The molecule has 2 aliphatic carbocycles. The first-order valence-corrected chi connectivity index (χ1v) is 11.0. The predicted molar refractivity (Wildman–Crippen MR) is 120 cm³/mol. The number of carboxylic acid groups (broad SMARTS) is 1. The fourth-order valence-electron chi connectivity index (χ4n) is 4.33. The average Bonchev–Trinajstić information content (AvgIpc) is 3.39. The Kier molecular flexibility index (Phi) is 5.53. The molecule has 2 amide bonds. The highest BCUT2D eigenvalue weighted by Crippen LogP contribution is 2.45. The lowest BCUT2D eigenvalue weighted by Gasteiger charge is -2.14. The molecular formula is C25H23N3O6. The SMILES string of the molecule is O=C(NCc1ocnc1C(=O)NCC1(C(=O)O)CC1)OCC1c2ccccc2-c2ccccc21. The number of aliphatic carboxylic acids is 1. The summed E-state index contributed by atoms with van der Waals surface area (Å²) in [5.74, 6) is -1.38. The van der Waals surface area contributed by atoms with Crippen LogP contribution in [0.2, 0.25) is 0 Å². The second-order valence-corrected chi connectivity index (χ2v) is 8.57. The van der Waals surface area contributed by atoms with Gasteiger partial charge in [-0.2, -0.15) is 0 Å². The molecule has 2 aromatic carbocycles. The maximum Gasteiger partial charge on any atom is 0.407 e. The molecule has 1 aromatic heterocycles. The topological polar surface area (TPSA) is 131 Å². The Morgan fingerprint density at radius 2 is 1.68 bits per heavy atom. The Hall–Kier alpha value is -4.14. The van der Waals surface area contributed by atoms with E-state index in [-0.39, 0.29) is 37.1 Å². The van der Waals surface area contributed by atoms with E-state index in [1.165, 1.54) is 0 Å². The van der Waals surface area contributed by atoms with Gasteiger partial charge in [0, 0.05) is 12.5 Å². The van der Waals surface area contributed by atoms with Gasteiger partial charge in [-0.05, 0) is 35.1 Å². The van der Waals surface area contributed by atoms with Crippen LogP contribution in [0.1, 0.15) is 46.1 Å². The van der Waals surface area contributed by atoms with Crippen molar-refractivity contribution in [1.82, 2.24) is 15.6 Å². The molecule has 9 nitrogen and oxygen atoms in total. The number of carbonyl (C=O) groups excluding carboxylic acids is 2. The summed E-state index contributed by atoms with van der Waals surface area (Å²) in [6.45, 7) is 0.0949. The third kappa shape index (κ3) is 4.00. The summed E-state index contributed by atoms with van der Waals surface area (Å²) in [4.78, 5) is 40.0. The molecule has 1 heterocycles. The molecule has 0 atom stereocenters. The summed E-state index contributed by atoms with van der Waals surface area (Å²) in [6.07, 6.45) is 1.51. The maximum atomic E-state index is 12.4. The van der Waals surface area contributed by atoms with Crippen LogP contribution in [0, 0.1) is 5.41 Å². The van der Waals surface area contributed by atoms with Gasteiger partial charge in [-0.15, -0.1) is 0 Å². The minimum Gasteiger partial charge on any atom is -0.481 e. The van der Waals surface area contributed by atoms with Crippen molar-refractivity contribution < 1.29 is 28.6 Å². The number of carbonyl (C=O) groups is 3. The number of benzene rings is 2. The standard InChI is InChI=1S/C25H23N3O6/c29-22(27-13-25(9-10-25)23(30)31)21-20(34-14-28-21)11-26-24(32)33-12-19-17-7-3-1-5-15(17)16-6-2-4-8-18(16)19/h1-8,14,19H,9-13H2,(H,26,32)(H,27,29)(H,30,31). The predicted octanol–water partition coefficient (Wildman–Crippen LogP) is 3.31. The van der Waals surface area contributed by atoms with Crippen LogP contribution in [0.4, 0.5) is 4.79 Å². The molecule has 5 rings (SSSR count). The summed E-state index contributed by atoms with van der Waals surface area (Å²) < 4.78 is 10.7. The van der Waals surface area contributed by atoms with E-state index in [0.29, 0.717) is 12.8 Å². The van der Waals surface area contributed by atoms with E-state index in [4.69, 9.17) is 9.15 Å². The van der Waals surface area contributed by atoms with E-state index >= 15 is 0 Å². The van der Waals surface area contributed by atoms with Crippen molar-refractivity contribution in [2.24, 2.45) is 5.41 Å². The van der Waals surface area contributed by atoms with Crippen LogP contribution in [-0.4, -0.2) is 41.2 Å². The van der Waals surface area contributed by atoms with Crippen molar-refractivity contribution in [3.05, 3.63) is 77.5 Å². The Balaban J connectivity index is 1.16. The van der Waals surface area contributed by atoms with Crippen molar-refractivity contribution in [1.29, 1.82) is 0 Å². The van der Waals surface area contributed by atoms with Crippen LogP contribution in [0.3, 0.4) is 0 Å². The summed E-state index contributed by atoms with van der Waals surface area (Å²) >= 11 is 0. The van der Waals surface area contributed by atoms with E-state index in [9.17, 15) is 19.5 Å². The van der Waals surface area contributed by atoms with E-state index in [0.717, 1.165) is 28.6 Å². The number of alkyl carbamates (subject to hydrolysis) is 1. The lowest BCUT2D eigenvalue weighted by Crippen LogP contribution is -2.35. The highest BCUT2D eigenvalue weighted by molar-refractivity contribution is 5.93. The van der Waals surface area contributed by atoms with E-state index < -0.39 is 23.4 Å². The number of aromatic nitrogens is 1. The monoisotopic (exact) mass is 461 g/mol. The van der Waals surface area contributed by atoms with Gasteiger partial charge in [-0.3, -0.25) is 9.59 Å². The van der Waals surface area contributed by atoms with Gasteiger partial charge in [0.15, 0.2) is 17.8 Å². The minimum atomic E-state index is -0.926. The molecule has 1 saturated carbocycles. The quantitative estimate of drug-likeness (QED) is 0.469. The van der Waals surface area contributed by atoms with Crippen LogP contribution in [0.15, 0.2) is 59.3 Å². The first-order valence-electron chi connectivity index (χ1n) is 11.0. The molecule has 174 valence electrons. The van der Waals surface area contributed by atoms with Crippen molar-refractivity contribution in [3.63, 3.8) is 0 Å². The minimum absolute atomic E-state index is 0.000126. The first-order chi connectivity index (χ1) is 16.5. The third-order valence-electron chi connectivity index (χ3n) is 6.49. The zero-order chi connectivity index (χ0) is 23.7. The van der Waals surface area contributed by atoms with Crippen molar-refractivity contribution in [2.45, 2.75) is 25.3 Å². The number of hydrogen-bond donors (Lipinski definition) is 3. The number of carboxylic acids is 1. The van der Waals surface area contributed by atoms with Gasteiger partial charge >= 0.3 is 12.1 Å². The van der Waals surface area contributed by atoms with Gasteiger partial charge in [0.05, 0.1) is 12.0 Å². The highest BCUT2D eigenvalue weighted by atomic mass is 16.5. The van der Waals surface area contributed by atoms with Crippen molar-refractivity contribution >= 4 is 18.0 Å². The number of oxazole rings is 1. The van der Waals surface area contributed by atoms with E-state index in [1.54, 1.807) is 0 Å². The molecule has 3 aromatic rings. The lowest BCUT2D eigenvalue weighted by molar-refractivity contribution is -0.143. The van der Waals surface area contributed by atoms with Crippen LogP contribution in [0.5, 0.6) is 0 Å². The number of rotatable bonds is 8. The summed E-state index contributed by atoms with van der Waals surface area (Å²) in [7, 11) is 0. The van der Waals surface area contributed by atoms with Gasteiger partial charge in [-0.25, -0.2) is 9.78 Å². The average molecular weight is 461 g/mol. The number of ether oxygens (including phenoxy) is 1. The van der Waals surface area contributed by atoms with Crippen LogP contribution in [0.25, 0.3) is 11.1 Å². The largest absolute Gasteiger partial charge is 0.481 e. The zero-order valence-corrected chi connectivity index (χ0v) is 18.2. The fourth-order valence-corrected chi connectivity index (χ4v) is 4.33. The molecule has 0 saturated heterocycles. The number of nitrogens with one attached hydrogen (secondary N) is 2. The molecular weight excluding hydrogens is 438 g/mol. The van der Waals surface area contributed by atoms with Gasteiger partial charge in [0.25, 0.3) is 5.91 Å². The molecule has 2 aliphatic rings. The number of hydrogen-bond acceptors (Lipinski definition) is 6. The smallest absolute Gasteiger partial charge is 0.407 e. The maximum absolute atomic E-state index is 12.4. The molecule has 0 bridgehead atoms. The van der Waals surface area contributed by atoms with Crippen LogP contribution in [-0.2, 0) is 16.1 Å². The first kappa shape index (κ1) is 21.7. The molecule has 9 heteroatoms. The molecule has 0 spiro atoms. The Morgan fingerprint density at radius 3 is 2.29 bits per heavy atom. The van der Waals surface area contributed by atoms with Gasteiger partial charge in [0.2, 0.25) is 0 Å². The van der Waals surface area contributed by atoms with Crippen LogP contribution < -0.4 is 10.6 Å². The Labute approximate surface area is 195 Å². The molecule has 34 heavy (non-hydrogen) atoms. The molecule has 0 aliphatic heterocycles. The normalized spacial score (nSPS) is 15.2. The van der Waals surface area contributed by atoms with E-state index in [2.05, 4.69) is 27.8 Å². The molecule has 1 fully saturated rings. The Morgan fingerprint density at radius 1 is 1.03 bits per heavy atom. The zero-order valence-electron chi connectivity index (χ0n) is 18.2. The third-order valence-corrected chi connectivity index (χ3v) is 6.49.